The van der Waals surface area contributed by atoms with Gasteiger partial charge in [0.25, 0.3) is 5.91 Å². The molecule has 3 aromatic carbocycles. The van der Waals surface area contributed by atoms with Crippen LogP contribution >= 0.6 is 0 Å². The average molecular weight is 347 g/mol. The van der Waals surface area contributed by atoms with E-state index in [0.717, 1.165) is 16.7 Å². The number of nitrogen functional groups attached to an aromatic ring is 1. The maximum Gasteiger partial charge on any atom is 0.254 e. The second kappa shape index (κ2) is 7.61. The topological polar surface area (TPSA) is 79.0 Å². The molecule has 0 radical (unpaired) electrons. The Morgan fingerprint density at radius 1 is 0.962 bits per heavy atom. The third-order valence-corrected chi connectivity index (χ3v) is 4.04. The van der Waals surface area contributed by atoms with Crippen molar-refractivity contribution in [3.63, 3.8) is 0 Å². The fourth-order valence-corrected chi connectivity index (χ4v) is 2.59. The Kier molecular flexibility index (Phi) is 5.08. The number of nitrogens with two attached hydrogens (primary N) is 1. The lowest BCUT2D eigenvalue weighted by Crippen LogP contribution is -2.24. The van der Waals surface area contributed by atoms with E-state index < -0.39 is 11.7 Å². The van der Waals surface area contributed by atoms with Crippen LogP contribution in [0.15, 0.2) is 72.8 Å². The van der Waals surface area contributed by atoms with Crippen molar-refractivity contribution in [2.45, 2.75) is 6.54 Å². The number of carbonyl (C=O) groups excluding carboxylic acids is 1. The average Bonchev–Trinajstić information content (AvgIpc) is 2.67. The first-order valence-corrected chi connectivity index (χ1v) is 8.11. The third-order valence-electron chi connectivity index (χ3n) is 4.04. The van der Waals surface area contributed by atoms with Crippen LogP contribution in [0.4, 0.5) is 4.39 Å². The molecule has 5 heteroatoms. The van der Waals surface area contributed by atoms with Gasteiger partial charge in [0.15, 0.2) is 0 Å². The second-order valence-electron chi connectivity index (χ2n) is 5.85. The Morgan fingerprint density at radius 2 is 1.65 bits per heavy atom. The van der Waals surface area contributed by atoms with Gasteiger partial charge in [-0.25, -0.2) is 4.39 Å². The number of rotatable bonds is 5. The van der Waals surface area contributed by atoms with E-state index in [1.807, 2.05) is 30.3 Å². The zero-order valence-corrected chi connectivity index (χ0v) is 14.0. The molecule has 0 saturated heterocycles. The van der Waals surface area contributed by atoms with Gasteiger partial charge in [0.2, 0.25) is 0 Å². The van der Waals surface area contributed by atoms with Gasteiger partial charge in [-0.2, -0.15) is 0 Å². The van der Waals surface area contributed by atoms with Crippen molar-refractivity contribution in [3.05, 3.63) is 95.3 Å². The summed E-state index contributed by atoms with van der Waals surface area (Å²) in [6.07, 6.45) is 0. The molecule has 1 amide bonds. The van der Waals surface area contributed by atoms with E-state index in [-0.39, 0.29) is 17.9 Å². The molecule has 0 aliphatic heterocycles. The van der Waals surface area contributed by atoms with E-state index in [1.54, 1.807) is 36.4 Å². The van der Waals surface area contributed by atoms with Crippen LogP contribution in [0.1, 0.15) is 21.5 Å². The van der Waals surface area contributed by atoms with Gasteiger partial charge >= 0.3 is 0 Å². The van der Waals surface area contributed by atoms with Gasteiger partial charge in [-0.3, -0.25) is 10.2 Å². The summed E-state index contributed by atoms with van der Waals surface area (Å²) in [5, 5.41) is 10.1. The Bertz CT molecular complexity index is 937. The van der Waals surface area contributed by atoms with Gasteiger partial charge in [0.05, 0.1) is 5.56 Å². The summed E-state index contributed by atoms with van der Waals surface area (Å²) >= 11 is 0. The second-order valence-corrected chi connectivity index (χ2v) is 5.85. The molecule has 130 valence electrons. The molecular weight excluding hydrogens is 329 g/mol. The number of nitrogens with one attached hydrogen (secondary N) is 2. The zero-order valence-electron chi connectivity index (χ0n) is 14.0. The van der Waals surface area contributed by atoms with E-state index in [4.69, 9.17) is 11.1 Å². The minimum atomic E-state index is -0.561. The van der Waals surface area contributed by atoms with Crippen LogP contribution in [0.25, 0.3) is 11.1 Å². The Balaban J connectivity index is 1.74. The van der Waals surface area contributed by atoms with Crippen LogP contribution in [0.5, 0.6) is 0 Å². The van der Waals surface area contributed by atoms with E-state index in [1.165, 1.54) is 6.07 Å². The number of carbonyl (C=O) groups is 1. The molecule has 4 N–H and O–H groups in total. The van der Waals surface area contributed by atoms with E-state index in [9.17, 15) is 9.18 Å². The summed E-state index contributed by atoms with van der Waals surface area (Å²) in [5.41, 5.74) is 8.57. The Morgan fingerprint density at radius 3 is 2.31 bits per heavy atom. The summed E-state index contributed by atoms with van der Waals surface area (Å²) in [5.74, 6) is -1.05. The standard InChI is InChI=1S/C21H18FN3O/c22-19-11-10-17(15-4-2-1-3-5-15)12-18(19)21(26)25-13-14-6-8-16(9-7-14)20(23)24/h1-12H,13H2,(H3,23,24)(H,25,26). The predicted molar refractivity (Wildman–Crippen MR) is 100 cm³/mol. The van der Waals surface area contributed by atoms with Crippen molar-refractivity contribution in [1.29, 1.82) is 5.41 Å². The zero-order chi connectivity index (χ0) is 18.5. The molecule has 0 aromatic heterocycles. The summed E-state index contributed by atoms with van der Waals surface area (Å²) in [4.78, 5) is 12.4. The van der Waals surface area contributed by atoms with Crippen LogP contribution in [-0.4, -0.2) is 11.7 Å². The van der Waals surface area contributed by atoms with Crippen LogP contribution in [0, 0.1) is 11.2 Å². The largest absolute Gasteiger partial charge is 0.384 e. The van der Waals surface area contributed by atoms with E-state index in [0.29, 0.717) is 5.56 Å². The van der Waals surface area contributed by atoms with Crippen molar-refractivity contribution < 1.29 is 9.18 Å². The van der Waals surface area contributed by atoms with Crippen molar-refractivity contribution in [2.24, 2.45) is 5.73 Å². The molecule has 0 aliphatic rings. The maximum absolute atomic E-state index is 14.1. The highest BCUT2D eigenvalue weighted by atomic mass is 19.1. The SMILES string of the molecule is N=C(N)c1ccc(CNC(=O)c2cc(-c3ccccc3)ccc2F)cc1. The molecular formula is C21H18FN3O. The summed E-state index contributed by atoms with van der Waals surface area (Å²) in [6.45, 7) is 0.256. The number of halogens is 1. The number of amides is 1. The fraction of sp³-hybridized carbons (Fsp3) is 0.0476. The molecule has 0 atom stereocenters. The van der Waals surface area contributed by atoms with Crippen LogP contribution in [-0.2, 0) is 6.54 Å². The molecule has 3 rings (SSSR count). The van der Waals surface area contributed by atoms with Gasteiger partial charge in [-0.05, 0) is 28.8 Å². The quantitative estimate of drug-likeness (QED) is 0.486. The molecule has 0 saturated carbocycles. The Labute approximate surface area is 151 Å². The van der Waals surface area contributed by atoms with E-state index in [2.05, 4.69) is 5.32 Å². The molecule has 0 spiro atoms. The van der Waals surface area contributed by atoms with Crippen molar-refractivity contribution in [1.82, 2.24) is 5.32 Å². The van der Waals surface area contributed by atoms with Gasteiger partial charge in [-0.15, -0.1) is 0 Å². The van der Waals surface area contributed by atoms with Gasteiger partial charge in [0.1, 0.15) is 11.7 Å². The molecule has 0 aliphatic carbocycles. The number of hydrogen-bond donors (Lipinski definition) is 3. The molecule has 4 nitrogen and oxygen atoms in total. The first-order valence-electron chi connectivity index (χ1n) is 8.11. The first kappa shape index (κ1) is 17.4. The number of benzene rings is 3. The molecule has 0 heterocycles. The van der Waals surface area contributed by atoms with Crippen molar-refractivity contribution >= 4 is 11.7 Å². The highest BCUT2D eigenvalue weighted by Crippen LogP contribution is 2.22. The molecule has 26 heavy (non-hydrogen) atoms. The molecule has 3 aromatic rings. The number of amidine groups is 1. The normalized spacial score (nSPS) is 10.3. The summed E-state index contributed by atoms with van der Waals surface area (Å²) in [6, 6.07) is 21.0. The minimum absolute atomic E-state index is 0.00621. The van der Waals surface area contributed by atoms with E-state index >= 15 is 0 Å². The minimum Gasteiger partial charge on any atom is -0.384 e. The molecule has 0 bridgehead atoms. The highest BCUT2D eigenvalue weighted by molar-refractivity contribution is 5.96. The first-order chi connectivity index (χ1) is 12.5. The lowest BCUT2D eigenvalue weighted by molar-refractivity contribution is 0.0947. The van der Waals surface area contributed by atoms with Crippen molar-refractivity contribution in [2.75, 3.05) is 0 Å². The molecule has 0 unspecified atom stereocenters. The lowest BCUT2D eigenvalue weighted by Gasteiger charge is -2.09. The number of hydrogen-bond acceptors (Lipinski definition) is 2. The predicted octanol–water partition coefficient (Wildman–Crippen LogP) is 3.71. The van der Waals surface area contributed by atoms with Gasteiger partial charge in [0, 0.05) is 12.1 Å². The monoisotopic (exact) mass is 347 g/mol. The summed E-state index contributed by atoms with van der Waals surface area (Å²) < 4.78 is 14.1. The Hall–Kier alpha value is -3.47. The van der Waals surface area contributed by atoms with Gasteiger partial charge in [-0.1, -0.05) is 60.7 Å². The maximum atomic E-state index is 14.1. The lowest BCUT2D eigenvalue weighted by atomic mass is 10.0. The fourth-order valence-electron chi connectivity index (χ4n) is 2.59. The van der Waals surface area contributed by atoms with Gasteiger partial charge < -0.3 is 11.1 Å². The molecule has 0 fully saturated rings. The highest BCUT2D eigenvalue weighted by Gasteiger charge is 2.13. The third kappa shape index (κ3) is 3.95. The van der Waals surface area contributed by atoms with Crippen LogP contribution in [0.2, 0.25) is 0 Å². The van der Waals surface area contributed by atoms with Crippen LogP contribution < -0.4 is 11.1 Å². The smallest absolute Gasteiger partial charge is 0.254 e. The van der Waals surface area contributed by atoms with Crippen molar-refractivity contribution in [3.8, 4) is 11.1 Å². The van der Waals surface area contributed by atoms with Crippen LogP contribution in [0.3, 0.4) is 0 Å². The summed E-state index contributed by atoms with van der Waals surface area (Å²) in [7, 11) is 0.